The number of carbonyl (C=O) groups excluding carboxylic acids is 2. The molecule has 0 saturated heterocycles. The largest absolute Gasteiger partial charge is 0.449 e. The Bertz CT molecular complexity index is 982. The molecule has 0 heterocycles. The lowest BCUT2D eigenvalue weighted by molar-refractivity contribution is -0.123. The number of ether oxygens (including phenoxy) is 1. The summed E-state index contributed by atoms with van der Waals surface area (Å²) in [5.41, 5.74) is 1.80. The van der Waals surface area contributed by atoms with Gasteiger partial charge in [0, 0.05) is 19.8 Å². The van der Waals surface area contributed by atoms with Crippen LogP contribution in [0.1, 0.15) is 42.6 Å². The van der Waals surface area contributed by atoms with Gasteiger partial charge in [-0.1, -0.05) is 32.0 Å². The van der Waals surface area contributed by atoms with Crippen molar-refractivity contribution in [1.82, 2.24) is 4.31 Å². The molecular weight excluding hydrogens is 392 g/mol. The van der Waals surface area contributed by atoms with E-state index in [0.717, 1.165) is 9.87 Å². The molecule has 0 bridgehead atoms. The van der Waals surface area contributed by atoms with Crippen LogP contribution < -0.4 is 5.32 Å². The Morgan fingerprint density at radius 2 is 1.62 bits per heavy atom. The number of nitrogens with zero attached hydrogens (tertiary/aromatic N) is 1. The second-order valence-electron chi connectivity index (χ2n) is 7.13. The fraction of sp³-hybridized carbons (Fsp3) is 0.333. The third kappa shape index (κ3) is 5.65. The van der Waals surface area contributed by atoms with E-state index in [-0.39, 0.29) is 10.5 Å². The summed E-state index contributed by atoms with van der Waals surface area (Å²) in [4.78, 5) is 24.7. The Labute approximate surface area is 171 Å². The van der Waals surface area contributed by atoms with E-state index in [2.05, 4.69) is 19.2 Å². The van der Waals surface area contributed by atoms with Crippen molar-refractivity contribution in [1.29, 1.82) is 0 Å². The molecule has 1 amide bonds. The maximum absolute atomic E-state index is 12.4. The number of sulfonamides is 1. The highest BCUT2D eigenvalue weighted by atomic mass is 32.2. The van der Waals surface area contributed by atoms with Crippen molar-refractivity contribution in [3.8, 4) is 0 Å². The Balaban J connectivity index is 2.05. The van der Waals surface area contributed by atoms with E-state index in [1.807, 2.05) is 12.1 Å². The molecule has 0 saturated carbocycles. The highest BCUT2D eigenvalue weighted by Crippen LogP contribution is 2.18. The molecular formula is C21H26N2O5S. The predicted molar refractivity (Wildman–Crippen MR) is 111 cm³/mol. The molecule has 0 aliphatic rings. The number of benzene rings is 2. The number of hydrogen-bond donors (Lipinski definition) is 1. The molecule has 0 fully saturated rings. The molecule has 0 unspecified atom stereocenters. The van der Waals surface area contributed by atoms with E-state index in [0.29, 0.717) is 11.6 Å². The van der Waals surface area contributed by atoms with Crippen LogP contribution in [-0.2, 0) is 19.6 Å². The third-order valence-corrected chi connectivity index (χ3v) is 6.16. The second-order valence-corrected chi connectivity index (χ2v) is 9.28. The SMILES string of the molecule is CC(C)c1ccc(NC(=O)[C@H](C)OC(=O)c2cccc(S(=O)(=O)N(C)C)c2)cc1. The van der Waals surface area contributed by atoms with E-state index in [9.17, 15) is 18.0 Å². The molecule has 0 aliphatic carbocycles. The summed E-state index contributed by atoms with van der Waals surface area (Å²) in [5.74, 6) is -0.877. The summed E-state index contributed by atoms with van der Waals surface area (Å²) in [7, 11) is -0.875. The minimum Gasteiger partial charge on any atom is -0.449 e. The van der Waals surface area contributed by atoms with Gasteiger partial charge in [0.1, 0.15) is 0 Å². The Kier molecular flexibility index (Phi) is 7.16. The fourth-order valence-corrected chi connectivity index (χ4v) is 3.42. The summed E-state index contributed by atoms with van der Waals surface area (Å²) in [6, 6.07) is 12.9. The van der Waals surface area contributed by atoms with Gasteiger partial charge >= 0.3 is 5.97 Å². The highest BCUT2D eigenvalue weighted by Gasteiger charge is 2.22. The lowest BCUT2D eigenvalue weighted by Crippen LogP contribution is -2.30. The van der Waals surface area contributed by atoms with Crippen LogP contribution in [0.3, 0.4) is 0 Å². The van der Waals surface area contributed by atoms with E-state index in [1.165, 1.54) is 45.3 Å². The number of nitrogens with one attached hydrogen (secondary N) is 1. The maximum Gasteiger partial charge on any atom is 0.338 e. The molecule has 0 aromatic heterocycles. The van der Waals surface area contributed by atoms with Crippen molar-refractivity contribution >= 4 is 27.6 Å². The van der Waals surface area contributed by atoms with Crippen LogP contribution in [0.25, 0.3) is 0 Å². The molecule has 7 nitrogen and oxygen atoms in total. The van der Waals surface area contributed by atoms with Crippen LogP contribution in [0.5, 0.6) is 0 Å². The van der Waals surface area contributed by atoms with Gasteiger partial charge in [-0.2, -0.15) is 0 Å². The van der Waals surface area contributed by atoms with Crippen molar-refractivity contribution in [3.05, 3.63) is 59.7 Å². The van der Waals surface area contributed by atoms with Gasteiger partial charge in [-0.15, -0.1) is 0 Å². The standard InChI is InChI=1S/C21H26N2O5S/c1-14(2)16-9-11-18(12-10-16)22-20(24)15(3)28-21(25)17-7-6-8-19(13-17)29(26,27)23(4)5/h6-15H,1-5H3,(H,22,24)/t15-/m0/s1. The number of hydrogen-bond acceptors (Lipinski definition) is 5. The molecule has 2 aromatic carbocycles. The van der Waals surface area contributed by atoms with Gasteiger partial charge in [0.05, 0.1) is 10.5 Å². The van der Waals surface area contributed by atoms with Gasteiger partial charge in [0.2, 0.25) is 10.0 Å². The number of rotatable bonds is 7. The molecule has 1 N–H and O–H groups in total. The van der Waals surface area contributed by atoms with E-state index < -0.39 is 28.0 Å². The van der Waals surface area contributed by atoms with Crippen molar-refractivity contribution in [2.75, 3.05) is 19.4 Å². The molecule has 0 spiro atoms. The first-order chi connectivity index (χ1) is 13.5. The van der Waals surface area contributed by atoms with Crippen LogP contribution in [-0.4, -0.2) is 44.8 Å². The Morgan fingerprint density at radius 1 is 1.00 bits per heavy atom. The lowest BCUT2D eigenvalue weighted by Gasteiger charge is -2.15. The molecule has 29 heavy (non-hydrogen) atoms. The summed E-state index contributed by atoms with van der Waals surface area (Å²) in [5, 5.41) is 2.70. The van der Waals surface area contributed by atoms with E-state index in [4.69, 9.17) is 4.74 Å². The van der Waals surface area contributed by atoms with Crippen molar-refractivity contribution < 1.29 is 22.7 Å². The number of esters is 1. The molecule has 0 radical (unpaired) electrons. The summed E-state index contributed by atoms with van der Waals surface area (Å²) >= 11 is 0. The number of carbonyl (C=O) groups is 2. The molecule has 156 valence electrons. The van der Waals surface area contributed by atoms with Gasteiger partial charge in [-0.25, -0.2) is 17.5 Å². The minimum atomic E-state index is -3.68. The molecule has 1 atom stereocenters. The first kappa shape index (κ1) is 22.6. The minimum absolute atomic E-state index is 0.0284. The predicted octanol–water partition coefficient (Wildman–Crippen LogP) is 3.24. The zero-order chi connectivity index (χ0) is 21.8. The van der Waals surface area contributed by atoms with Crippen molar-refractivity contribution in [2.45, 2.75) is 37.7 Å². The summed E-state index contributed by atoms with van der Waals surface area (Å²) in [6.45, 7) is 5.61. The van der Waals surface area contributed by atoms with Crippen LogP contribution in [0.15, 0.2) is 53.4 Å². The van der Waals surface area contributed by atoms with E-state index in [1.54, 1.807) is 12.1 Å². The van der Waals surface area contributed by atoms with Crippen LogP contribution in [0.2, 0.25) is 0 Å². The van der Waals surface area contributed by atoms with E-state index >= 15 is 0 Å². The van der Waals surface area contributed by atoms with Crippen LogP contribution >= 0.6 is 0 Å². The summed E-state index contributed by atoms with van der Waals surface area (Å²) < 4.78 is 30.7. The Morgan fingerprint density at radius 3 is 2.17 bits per heavy atom. The van der Waals surface area contributed by atoms with Gasteiger partial charge in [-0.05, 0) is 48.7 Å². The lowest BCUT2D eigenvalue weighted by atomic mass is 10.0. The van der Waals surface area contributed by atoms with Gasteiger partial charge in [0.25, 0.3) is 5.91 Å². The van der Waals surface area contributed by atoms with Gasteiger partial charge in [0.15, 0.2) is 6.10 Å². The fourth-order valence-electron chi connectivity index (χ4n) is 2.47. The monoisotopic (exact) mass is 418 g/mol. The first-order valence-electron chi connectivity index (χ1n) is 9.16. The normalized spacial score (nSPS) is 12.7. The quantitative estimate of drug-likeness (QED) is 0.697. The maximum atomic E-state index is 12.4. The topological polar surface area (TPSA) is 92.8 Å². The average molecular weight is 419 g/mol. The zero-order valence-corrected chi connectivity index (χ0v) is 18.0. The van der Waals surface area contributed by atoms with Crippen molar-refractivity contribution in [2.24, 2.45) is 0 Å². The number of anilines is 1. The first-order valence-corrected chi connectivity index (χ1v) is 10.6. The van der Waals surface area contributed by atoms with Gasteiger partial charge in [-0.3, -0.25) is 4.79 Å². The van der Waals surface area contributed by atoms with Gasteiger partial charge < -0.3 is 10.1 Å². The molecule has 2 aromatic rings. The zero-order valence-electron chi connectivity index (χ0n) is 17.2. The van der Waals surface area contributed by atoms with Crippen LogP contribution in [0, 0.1) is 0 Å². The molecule has 8 heteroatoms. The van der Waals surface area contributed by atoms with Crippen molar-refractivity contribution in [3.63, 3.8) is 0 Å². The number of amides is 1. The van der Waals surface area contributed by atoms with Crippen LogP contribution in [0.4, 0.5) is 5.69 Å². The molecule has 2 rings (SSSR count). The smallest absolute Gasteiger partial charge is 0.338 e. The average Bonchev–Trinajstić information content (AvgIpc) is 2.68. The third-order valence-electron chi connectivity index (χ3n) is 4.35. The second kappa shape index (κ2) is 9.19. The highest BCUT2D eigenvalue weighted by molar-refractivity contribution is 7.89. The summed E-state index contributed by atoms with van der Waals surface area (Å²) in [6.07, 6.45) is -1.05. The Hall–Kier alpha value is -2.71. The molecule has 0 aliphatic heterocycles.